The number of hydrogen-bond acceptors (Lipinski definition) is 5. The minimum atomic E-state index is -0.423. The van der Waals surface area contributed by atoms with E-state index in [-0.39, 0.29) is 5.91 Å². The lowest BCUT2D eigenvalue weighted by Gasteiger charge is -2.28. The van der Waals surface area contributed by atoms with Gasteiger partial charge in [0, 0.05) is 11.4 Å². The average molecular weight is 452 g/mol. The molecule has 0 bridgehead atoms. The topological polar surface area (TPSA) is 81.1 Å². The van der Waals surface area contributed by atoms with Crippen LogP contribution in [0.3, 0.4) is 0 Å². The maximum atomic E-state index is 13.3. The summed E-state index contributed by atoms with van der Waals surface area (Å²) >= 11 is 0. The third-order valence-corrected chi connectivity index (χ3v) is 5.79. The number of carbonyl (C=O) groups excluding carboxylic acids is 1. The van der Waals surface area contributed by atoms with E-state index in [2.05, 4.69) is 51.9 Å². The second-order valence-corrected chi connectivity index (χ2v) is 8.26. The van der Waals surface area contributed by atoms with Crippen LogP contribution in [0.25, 0.3) is 0 Å². The zero-order chi connectivity index (χ0) is 23.5. The van der Waals surface area contributed by atoms with Crippen molar-refractivity contribution in [3.05, 3.63) is 113 Å². The summed E-state index contributed by atoms with van der Waals surface area (Å²) in [6.07, 6.45) is 1.49. The van der Waals surface area contributed by atoms with Gasteiger partial charge in [0.1, 0.15) is 24.7 Å². The van der Waals surface area contributed by atoms with Gasteiger partial charge in [-0.25, -0.2) is 4.68 Å². The summed E-state index contributed by atoms with van der Waals surface area (Å²) in [5, 5.41) is 10.6. The molecule has 4 aromatic rings. The van der Waals surface area contributed by atoms with Crippen LogP contribution in [0.1, 0.15) is 29.7 Å². The van der Waals surface area contributed by atoms with Crippen molar-refractivity contribution in [3.8, 4) is 5.75 Å². The van der Waals surface area contributed by atoms with Crippen molar-refractivity contribution < 1.29 is 9.53 Å². The van der Waals surface area contributed by atoms with Gasteiger partial charge in [0.2, 0.25) is 5.95 Å². The van der Waals surface area contributed by atoms with Crippen molar-refractivity contribution in [1.29, 1.82) is 0 Å². The number of fused-ring (bicyclic) bond motifs is 1. The molecule has 7 heteroatoms. The van der Waals surface area contributed by atoms with E-state index in [4.69, 9.17) is 4.74 Å². The molecule has 1 aliphatic rings. The third kappa shape index (κ3) is 4.41. The van der Waals surface area contributed by atoms with E-state index in [1.54, 1.807) is 4.68 Å². The molecule has 7 nitrogen and oxygen atoms in total. The van der Waals surface area contributed by atoms with E-state index < -0.39 is 6.04 Å². The number of nitrogens with one attached hydrogen (secondary N) is 2. The summed E-state index contributed by atoms with van der Waals surface area (Å²) in [5.74, 6) is 1.16. The fourth-order valence-electron chi connectivity index (χ4n) is 4.01. The van der Waals surface area contributed by atoms with E-state index in [0.29, 0.717) is 18.1 Å². The summed E-state index contributed by atoms with van der Waals surface area (Å²) in [7, 11) is 0. The summed E-state index contributed by atoms with van der Waals surface area (Å²) in [4.78, 5) is 17.6. The number of aryl methyl sites for hydroxylation is 1. The largest absolute Gasteiger partial charge is 0.489 e. The highest BCUT2D eigenvalue weighted by atomic mass is 16.5. The highest BCUT2D eigenvalue weighted by Crippen LogP contribution is 2.35. The summed E-state index contributed by atoms with van der Waals surface area (Å²) in [5.41, 5.74) is 5.29. The third-order valence-electron chi connectivity index (χ3n) is 5.79. The normalized spacial score (nSPS) is 14.8. The Bertz CT molecular complexity index is 1330. The molecule has 170 valence electrons. The van der Waals surface area contributed by atoms with E-state index in [1.165, 1.54) is 11.9 Å². The Morgan fingerprint density at radius 1 is 1.00 bits per heavy atom. The Labute approximate surface area is 198 Å². The molecular formula is C27H25N5O2. The molecule has 2 heterocycles. The summed E-state index contributed by atoms with van der Waals surface area (Å²) in [6.45, 7) is 4.43. The number of para-hydroxylation sites is 1. The lowest BCUT2D eigenvalue weighted by molar-refractivity contribution is -0.113. The van der Waals surface area contributed by atoms with Gasteiger partial charge in [-0.1, -0.05) is 60.2 Å². The zero-order valence-corrected chi connectivity index (χ0v) is 19.0. The maximum absolute atomic E-state index is 13.3. The van der Waals surface area contributed by atoms with Gasteiger partial charge < -0.3 is 15.4 Å². The van der Waals surface area contributed by atoms with Crippen molar-refractivity contribution in [2.45, 2.75) is 26.5 Å². The van der Waals surface area contributed by atoms with Crippen LogP contribution in [0.15, 0.2) is 96.5 Å². The number of amides is 1. The van der Waals surface area contributed by atoms with Crippen LogP contribution in [0.5, 0.6) is 5.75 Å². The number of benzene rings is 3. The molecule has 1 amide bonds. The average Bonchev–Trinajstić information content (AvgIpc) is 3.32. The van der Waals surface area contributed by atoms with Crippen LogP contribution >= 0.6 is 0 Å². The van der Waals surface area contributed by atoms with Crippen LogP contribution in [0, 0.1) is 6.92 Å². The number of allylic oxidation sites excluding steroid dienone is 1. The number of anilines is 2. The molecule has 0 saturated carbocycles. The SMILES string of the molecule is CC1=C(C(=O)Nc2ccccc2)C(c2ccc(OCc3ccc(C)cc3)cc2)n2ncnc2N1. The molecule has 2 N–H and O–H groups in total. The molecule has 34 heavy (non-hydrogen) atoms. The van der Waals surface area contributed by atoms with Gasteiger partial charge in [-0.3, -0.25) is 4.79 Å². The number of hydrogen-bond donors (Lipinski definition) is 2. The predicted molar refractivity (Wildman–Crippen MR) is 132 cm³/mol. The molecule has 3 aromatic carbocycles. The summed E-state index contributed by atoms with van der Waals surface area (Å²) in [6, 6.07) is 25.0. The number of nitrogens with zero attached hydrogens (tertiary/aromatic N) is 3. The molecular weight excluding hydrogens is 426 g/mol. The Balaban J connectivity index is 1.40. The number of ether oxygens (including phenoxy) is 1. The first-order chi connectivity index (χ1) is 16.6. The van der Waals surface area contributed by atoms with Crippen molar-refractivity contribution in [2.75, 3.05) is 10.6 Å². The van der Waals surface area contributed by atoms with Gasteiger partial charge in [-0.2, -0.15) is 10.1 Å². The van der Waals surface area contributed by atoms with Gasteiger partial charge in [0.15, 0.2) is 0 Å². The van der Waals surface area contributed by atoms with Gasteiger partial charge in [0.05, 0.1) is 5.57 Å². The molecule has 0 fully saturated rings. The Morgan fingerprint density at radius 3 is 2.47 bits per heavy atom. The van der Waals surface area contributed by atoms with Crippen molar-refractivity contribution in [3.63, 3.8) is 0 Å². The monoisotopic (exact) mass is 451 g/mol. The molecule has 0 spiro atoms. The first-order valence-electron chi connectivity index (χ1n) is 11.1. The zero-order valence-electron chi connectivity index (χ0n) is 19.0. The minimum Gasteiger partial charge on any atom is -0.489 e. The molecule has 5 rings (SSSR count). The first kappa shape index (κ1) is 21.5. The van der Waals surface area contributed by atoms with Crippen molar-refractivity contribution >= 4 is 17.5 Å². The Morgan fingerprint density at radius 2 is 1.74 bits per heavy atom. The quantitative estimate of drug-likeness (QED) is 0.427. The van der Waals surface area contributed by atoms with E-state index in [1.807, 2.05) is 61.5 Å². The fraction of sp³-hybridized carbons (Fsp3) is 0.148. The van der Waals surface area contributed by atoms with Gasteiger partial charge in [-0.05, 0) is 49.2 Å². The van der Waals surface area contributed by atoms with Crippen LogP contribution in [0.4, 0.5) is 11.6 Å². The van der Waals surface area contributed by atoms with E-state index >= 15 is 0 Å². The van der Waals surface area contributed by atoms with Crippen LogP contribution in [-0.4, -0.2) is 20.7 Å². The standard InChI is InChI=1S/C27H25N5O2/c1-18-8-10-20(11-9-18)16-34-23-14-12-21(13-15-23)25-24(19(2)30-27-28-17-29-32(25)27)26(33)31-22-6-4-3-5-7-22/h3-15,17,25H,16H2,1-2H3,(H,31,33)(H,28,29,30). The number of rotatable bonds is 6. The van der Waals surface area contributed by atoms with E-state index in [9.17, 15) is 4.79 Å². The van der Waals surface area contributed by atoms with Crippen molar-refractivity contribution in [1.82, 2.24) is 14.8 Å². The lowest BCUT2D eigenvalue weighted by Crippen LogP contribution is -2.31. The van der Waals surface area contributed by atoms with Gasteiger partial charge in [0.25, 0.3) is 5.91 Å². The van der Waals surface area contributed by atoms with Crippen LogP contribution in [-0.2, 0) is 11.4 Å². The molecule has 1 aromatic heterocycles. The maximum Gasteiger partial charge on any atom is 0.255 e. The van der Waals surface area contributed by atoms with Gasteiger partial charge >= 0.3 is 0 Å². The Kier molecular flexibility index (Phi) is 5.82. The Hall–Kier alpha value is -4.39. The first-order valence-corrected chi connectivity index (χ1v) is 11.1. The highest BCUT2D eigenvalue weighted by molar-refractivity contribution is 6.06. The summed E-state index contributed by atoms with van der Waals surface area (Å²) < 4.78 is 7.70. The van der Waals surface area contributed by atoms with Crippen LogP contribution < -0.4 is 15.4 Å². The number of carbonyl (C=O) groups is 1. The predicted octanol–water partition coefficient (Wildman–Crippen LogP) is 5.09. The molecule has 1 unspecified atom stereocenters. The second kappa shape index (κ2) is 9.23. The van der Waals surface area contributed by atoms with Crippen LogP contribution in [0.2, 0.25) is 0 Å². The fourth-order valence-corrected chi connectivity index (χ4v) is 4.01. The van der Waals surface area contributed by atoms with Gasteiger partial charge in [-0.15, -0.1) is 0 Å². The van der Waals surface area contributed by atoms with E-state index in [0.717, 1.165) is 28.3 Å². The highest BCUT2D eigenvalue weighted by Gasteiger charge is 2.33. The lowest BCUT2D eigenvalue weighted by atomic mass is 9.95. The number of aromatic nitrogens is 3. The molecule has 1 atom stereocenters. The van der Waals surface area contributed by atoms with Crippen molar-refractivity contribution in [2.24, 2.45) is 0 Å². The molecule has 0 aliphatic carbocycles. The second-order valence-electron chi connectivity index (χ2n) is 8.26. The molecule has 1 aliphatic heterocycles. The minimum absolute atomic E-state index is 0.193. The molecule has 0 radical (unpaired) electrons. The smallest absolute Gasteiger partial charge is 0.255 e. The molecule has 0 saturated heterocycles.